The molecule has 0 atom stereocenters. The lowest BCUT2D eigenvalue weighted by atomic mass is 9.96. The van der Waals surface area contributed by atoms with Gasteiger partial charge in [0, 0.05) is 21.7 Å². The van der Waals surface area contributed by atoms with Gasteiger partial charge in [-0.1, -0.05) is 34.4 Å². The van der Waals surface area contributed by atoms with Crippen LogP contribution in [0.2, 0.25) is 10.0 Å². The molecule has 1 saturated heterocycles. The molecule has 1 amide bonds. The molecule has 28 heavy (non-hydrogen) atoms. The van der Waals surface area contributed by atoms with Crippen molar-refractivity contribution in [3.63, 3.8) is 0 Å². The molecular weight excluding hydrogens is 419 g/mol. The van der Waals surface area contributed by atoms with Crippen molar-refractivity contribution in [3.05, 3.63) is 51.6 Å². The second-order valence-corrected chi connectivity index (χ2v) is 8.51. The van der Waals surface area contributed by atoms with E-state index in [1.54, 1.807) is 29.5 Å². The van der Waals surface area contributed by atoms with E-state index >= 15 is 0 Å². The van der Waals surface area contributed by atoms with Gasteiger partial charge in [-0.25, -0.2) is 0 Å². The van der Waals surface area contributed by atoms with Gasteiger partial charge in [-0.15, -0.1) is 11.3 Å². The number of aromatic nitrogens is 2. The number of hydrogen-bond acceptors (Lipinski definition) is 6. The first kappa shape index (κ1) is 19.4. The number of benzene rings is 1. The number of halogens is 2. The number of likely N-dealkylation sites (tertiary alicyclic amines) is 1. The van der Waals surface area contributed by atoms with Crippen LogP contribution >= 0.6 is 34.5 Å². The maximum atomic E-state index is 12.5. The molecule has 0 unspecified atom stereocenters. The Morgan fingerprint density at radius 1 is 1.25 bits per heavy atom. The molecule has 0 aliphatic carbocycles. The van der Waals surface area contributed by atoms with Crippen LogP contribution in [0.4, 0.5) is 5.69 Å². The summed E-state index contributed by atoms with van der Waals surface area (Å²) in [5, 5.41) is 9.93. The van der Waals surface area contributed by atoms with E-state index in [1.165, 1.54) is 0 Å². The lowest BCUT2D eigenvalue weighted by Gasteiger charge is -2.30. The topological polar surface area (TPSA) is 71.3 Å². The summed E-state index contributed by atoms with van der Waals surface area (Å²) < 4.78 is 5.37. The fraction of sp³-hybridized carbons (Fsp3) is 0.316. The van der Waals surface area contributed by atoms with Crippen molar-refractivity contribution in [2.45, 2.75) is 19.4 Å². The second-order valence-electron chi connectivity index (χ2n) is 6.69. The number of carbonyl (C=O) groups is 1. The molecule has 1 fully saturated rings. The van der Waals surface area contributed by atoms with Crippen LogP contribution < -0.4 is 5.32 Å². The average molecular weight is 437 g/mol. The van der Waals surface area contributed by atoms with Gasteiger partial charge in [0.15, 0.2) is 0 Å². The lowest BCUT2D eigenvalue weighted by Crippen LogP contribution is -2.37. The lowest BCUT2D eigenvalue weighted by molar-refractivity contribution is -0.121. The van der Waals surface area contributed by atoms with Crippen LogP contribution in [0.15, 0.2) is 40.2 Å². The van der Waals surface area contributed by atoms with E-state index in [4.69, 9.17) is 27.7 Å². The van der Waals surface area contributed by atoms with Crippen molar-refractivity contribution in [1.82, 2.24) is 15.0 Å². The number of rotatable bonds is 5. The Bertz CT molecular complexity index is 933. The summed E-state index contributed by atoms with van der Waals surface area (Å²) in [6, 6.07) is 8.96. The number of carbonyl (C=O) groups excluding carboxylic acids is 1. The molecule has 1 aromatic carbocycles. The molecule has 0 bridgehead atoms. The molecule has 1 aliphatic rings. The Hall–Kier alpha value is -1.93. The highest BCUT2D eigenvalue weighted by molar-refractivity contribution is 7.13. The molecule has 6 nitrogen and oxygen atoms in total. The molecule has 4 rings (SSSR count). The Morgan fingerprint density at radius 3 is 2.68 bits per heavy atom. The number of nitrogens with zero attached hydrogens (tertiary/aromatic N) is 3. The minimum Gasteiger partial charge on any atom is -0.338 e. The van der Waals surface area contributed by atoms with Crippen LogP contribution in [0, 0.1) is 5.92 Å². The standard InChI is InChI=1S/C19H18Cl2N4O2S/c20-13-8-14(21)10-15(9-13)22-19(26)12-3-5-25(6-4-12)11-17-23-18(24-27-17)16-2-1-7-28-16/h1-2,7-10,12H,3-6,11H2,(H,22,26). The van der Waals surface area contributed by atoms with E-state index in [9.17, 15) is 4.79 Å². The van der Waals surface area contributed by atoms with Gasteiger partial charge in [-0.3, -0.25) is 9.69 Å². The highest BCUT2D eigenvalue weighted by Crippen LogP contribution is 2.26. The van der Waals surface area contributed by atoms with E-state index in [2.05, 4.69) is 20.4 Å². The predicted octanol–water partition coefficient (Wildman–Crippen LogP) is 4.96. The van der Waals surface area contributed by atoms with Gasteiger partial charge in [-0.2, -0.15) is 4.98 Å². The molecule has 0 saturated carbocycles. The Kier molecular flexibility index (Phi) is 5.96. The van der Waals surface area contributed by atoms with Crippen LogP contribution in [-0.4, -0.2) is 34.0 Å². The van der Waals surface area contributed by atoms with Gasteiger partial charge >= 0.3 is 0 Å². The molecule has 1 N–H and O–H groups in total. The number of nitrogens with one attached hydrogen (secondary N) is 1. The Morgan fingerprint density at radius 2 is 2.00 bits per heavy atom. The zero-order chi connectivity index (χ0) is 19.5. The number of piperidine rings is 1. The van der Waals surface area contributed by atoms with Gasteiger partial charge < -0.3 is 9.84 Å². The number of anilines is 1. The van der Waals surface area contributed by atoms with Gasteiger partial charge in [0.2, 0.25) is 17.6 Å². The molecule has 1 aliphatic heterocycles. The number of hydrogen-bond donors (Lipinski definition) is 1. The summed E-state index contributed by atoms with van der Waals surface area (Å²) in [5.41, 5.74) is 0.622. The largest absolute Gasteiger partial charge is 0.338 e. The van der Waals surface area contributed by atoms with E-state index in [1.807, 2.05) is 17.5 Å². The van der Waals surface area contributed by atoms with Crippen LogP contribution in [0.25, 0.3) is 10.7 Å². The molecule has 2 aromatic heterocycles. The third-order valence-electron chi connectivity index (χ3n) is 4.66. The quantitative estimate of drug-likeness (QED) is 0.611. The van der Waals surface area contributed by atoms with Gasteiger partial charge in [0.25, 0.3) is 0 Å². The monoisotopic (exact) mass is 436 g/mol. The minimum absolute atomic E-state index is 0.00393. The van der Waals surface area contributed by atoms with E-state index < -0.39 is 0 Å². The average Bonchev–Trinajstić information content (AvgIpc) is 3.33. The van der Waals surface area contributed by atoms with Crippen molar-refractivity contribution >= 4 is 46.1 Å². The maximum absolute atomic E-state index is 12.5. The third-order valence-corrected chi connectivity index (χ3v) is 5.96. The summed E-state index contributed by atoms with van der Waals surface area (Å²) in [7, 11) is 0. The molecule has 0 spiro atoms. The van der Waals surface area contributed by atoms with Crippen molar-refractivity contribution in [3.8, 4) is 10.7 Å². The van der Waals surface area contributed by atoms with E-state index in [-0.39, 0.29) is 11.8 Å². The minimum atomic E-state index is -0.0432. The van der Waals surface area contributed by atoms with Crippen molar-refractivity contribution in [2.75, 3.05) is 18.4 Å². The number of thiophene rings is 1. The summed E-state index contributed by atoms with van der Waals surface area (Å²) in [6.07, 6.45) is 1.54. The predicted molar refractivity (Wildman–Crippen MR) is 111 cm³/mol. The molecule has 3 heterocycles. The van der Waals surface area contributed by atoms with E-state index in [0.29, 0.717) is 34.0 Å². The van der Waals surface area contributed by atoms with Crippen LogP contribution in [0.3, 0.4) is 0 Å². The molecular formula is C19H18Cl2N4O2S. The fourth-order valence-electron chi connectivity index (χ4n) is 3.24. The maximum Gasteiger partial charge on any atom is 0.241 e. The first-order valence-corrected chi connectivity index (χ1v) is 10.6. The van der Waals surface area contributed by atoms with Crippen molar-refractivity contribution in [1.29, 1.82) is 0 Å². The van der Waals surface area contributed by atoms with Crippen molar-refractivity contribution in [2.24, 2.45) is 5.92 Å². The summed E-state index contributed by atoms with van der Waals surface area (Å²) in [5.74, 6) is 1.17. The van der Waals surface area contributed by atoms with Gasteiger partial charge in [0.1, 0.15) is 0 Å². The van der Waals surface area contributed by atoms with E-state index in [0.717, 1.165) is 30.8 Å². The molecule has 146 valence electrons. The first-order chi connectivity index (χ1) is 13.6. The SMILES string of the molecule is O=C(Nc1cc(Cl)cc(Cl)c1)C1CCN(Cc2nc(-c3cccs3)no2)CC1. The third kappa shape index (κ3) is 4.72. The second kappa shape index (κ2) is 8.61. The van der Waals surface area contributed by atoms with Gasteiger partial charge in [-0.05, 0) is 55.6 Å². The normalized spacial score (nSPS) is 15.6. The van der Waals surface area contributed by atoms with Gasteiger partial charge in [0.05, 0.1) is 11.4 Å². The van der Waals surface area contributed by atoms with Crippen LogP contribution in [0.5, 0.6) is 0 Å². The molecule has 9 heteroatoms. The fourth-order valence-corrected chi connectivity index (χ4v) is 4.42. The zero-order valence-corrected chi connectivity index (χ0v) is 17.2. The first-order valence-electron chi connectivity index (χ1n) is 8.92. The smallest absolute Gasteiger partial charge is 0.241 e. The summed E-state index contributed by atoms with van der Waals surface area (Å²) in [4.78, 5) is 20.2. The zero-order valence-electron chi connectivity index (χ0n) is 14.9. The van der Waals surface area contributed by atoms with Crippen LogP contribution in [-0.2, 0) is 11.3 Å². The Labute approximate surface area is 176 Å². The van der Waals surface area contributed by atoms with Crippen molar-refractivity contribution < 1.29 is 9.32 Å². The highest BCUT2D eigenvalue weighted by atomic mass is 35.5. The highest BCUT2D eigenvalue weighted by Gasteiger charge is 2.26. The van der Waals surface area contributed by atoms with Crippen LogP contribution in [0.1, 0.15) is 18.7 Å². The summed E-state index contributed by atoms with van der Waals surface area (Å²) in [6.45, 7) is 2.19. The Balaban J connectivity index is 1.29. The molecule has 0 radical (unpaired) electrons. The summed E-state index contributed by atoms with van der Waals surface area (Å²) >= 11 is 13.6. The number of amides is 1. The molecule has 3 aromatic rings.